The van der Waals surface area contributed by atoms with Crippen LogP contribution in [0.4, 0.5) is 16.2 Å². The fraction of sp³-hybridized carbons (Fsp3) is 0.270. The second kappa shape index (κ2) is 12.5. The highest BCUT2D eigenvalue weighted by atomic mass is 16.5. The Hall–Kier alpha value is -4.75. The fourth-order valence-electron chi connectivity index (χ4n) is 6.04. The molecule has 3 aromatic carbocycles. The summed E-state index contributed by atoms with van der Waals surface area (Å²) in [7, 11) is 1.61. The monoisotopic (exact) mass is 585 g/mol. The smallest absolute Gasteiger partial charge is 0.323 e. The molecule has 7 nitrogen and oxygen atoms in total. The van der Waals surface area contributed by atoms with Gasteiger partial charge < -0.3 is 15.4 Å². The van der Waals surface area contributed by atoms with Crippen LogP contribution in [0.1, 0.15) is 56.5 Å². The number of rotatable bonds is 7. The summed E-state index contributed by atoms with van der Waals surface area (Å²) in [6.07, 6.45) is 8.14. The van der Waals surface area contributed by atoms with E-state index in [2.05, 4.69) is 71.6 Å². The summed E-state index contributed by atoms with van der Waals surface area (Å²) in [6, 6.07) is 26.2. The van der Waals surface area contributed by atoms with Crippen LogP contribution in [0.25, 0.3) is 21.9 Å². The molecule has 1 aliphatic heterocycles. The number of aromatic nitrogens is 2. The Bertz CT molecular complexity index is 1760. The summed E-state index contributed by atoms with van der Waals surface area (Å²) in [4.78, 5) is 25.1. The van der Waals surface area contributed by atoms with Crippen molar-refractivity contribution in [3.05, 3.63) is 114 Å². The number of ether oxygens (including phenoxy) is 1. The molecule has 1 fully saturated rings. The van der Waals surface area contributed by atoms with E-state index < -0.39 is 0 Å². The number of hydrogen-bond donors (Lipinski definition) is 2. The molecule has 1 aliphatic rings. The van der Waals surface area contributed by atoms with Gasteiger partial charge in [-0.15, -0.1) is 0 Å². The highest BCUT2D eigenvalue weighted by Crippen LogP contribution is 2.36. The van der Waals surface area contributed by atoms with Crippen molar-refractivity contribution in [1.29, 1.82) is 0 Å². The highest BCUT2D eigenvalue weighted by Gasteiger charge is 2.26. The molecule has 2 aromatic heterocycles. The molecule has 1 saturated heterocycles. The summed E-state index contributed by atoms with van der Waals surface area (Å²) in [5.41, 5.74) is 6.67. The average molecular weight is 586 g/mol. The lowest BCUT2D eigenvalue weighted by atomic mass is 9.87. The number of hydrogen-bond acceptors (Lipinski definition) is 5. The van der Waals surface area contributed by atoms with E-state index >= 15 is 0 Å². The van der Waals surface area contributed by atoms with Gasteiger partial charge in [0.25, 0.3) is 0 Å². The van der Waals surface area contributed by atoms with E-state index in [1.807, 2.05) is 67.1 Å². The van der Waals surface area contributed by atoms with Gasteiger partial charge in [0, 0.05) is 29.5 Å². The molecule has 0 bridgehead atoms. The van der Waals surface area contributed by atoms with Crippen LogP contribution in [0.2, 0.25) is 0 Å². The van der Waals surface area contributed by atoms with Crippen molar-refractivity contribution in [1.82, 2.24) is 14.9 Å². The molecule has 44 heavy (non-hydrogen) atoms. The predicted molar refractivity (Wildman–Crippen MR) is 178 cm³/mol. The molecule has 6 rings (SSSR count). The van der Waals surface area contributed by atoms with E-state index in [1.165, 1.54) is 12.8 Å². The second-order valence-electron chi connectivity index (χ2n) is 12.4. The van der Waals surface area contributed by atoms with Crippen molar-refractivity contribution in [3.8, 4) is 16.9 Å². The molecular weight excluding hydrogens is 546 g/mol. The SMILES string of the molecule is COc1ccc(C(C)(C)C)cc1NC(=O)Nc1ccc(-c2ccc(C(c3cccnc3)N3CCCC3)nc2)c2ccccc12. The van der Waals surface area contributed by atoms with Crippen molar-refractivity contribution in [2.24, 2.45) is 0 Å². The molecule has 2 amide bonds. The van der Waals surface area contributed by atoms with Crippen molar-refractivity contribution < 1.29 is 9.53 Å². The normalized spacial score (nSPS) is 14.4. The minimum absolute atomic E-state index is 0.0634. The van der Waals surface area contributed by atoms with Gasteiger partial charge in [0.15, 0.2) is 0 Å². The van der Waals surface area contributed by atoms with Gasteiger partial charge in [-0.3, -0.25) is 14.9 Å². The van der Waals surface area contributed by atoms with Crippen LogP contribution < -0.4 is 15.4 Å². The molecule has 0 spiro atoms. The van der Waals surface area contributed by atoms with Gasteiger partial charge in [-0.2, -0.15) is 0 Å². The zero-order valence-electron chi connectivity index (χ0n) is 25.8. The summed E-state index contributed by atoms with van der Waals surface area (Å²) >= 11 is 0. The number of amides is 2. The van der Waals surface area contributed by atoms with Crippen LogP contribution in [0.15, 0.2) is 97.5 Å². The first-order valence-electron chi connectivity index (χ1n) is 15.2. The van der Waals surface area contributed by atoms with Gasteiger partial charge in [-0.05, 0) is 83.8 Å². The molecule has 2 N–H and O–H groups in total. The number of likely N-dealkylation sites (tertiary alicyclic amines) is 1. The topological polar surface area (TPSA) is 79.4 Å². The average Bonchev–Trinajstić information content (AvgIpc) is 3.56. The Balaban J connectivity index is 1.27. The van der Waals surface area contributed by atoms with Gasteiger partial charge in [0.1, 0.15) is 5.75 Å². The third-order valence-electron chi connectivity index (χ3n) is 8.37. The zero-order valence-corrected chi connectivity index (χ0v) is 25.8. The van der Waals surface area contributed by atoms with Crippen molar-refractivity contribution in [3.63, 3.8) is 0 Å². The minimum atomic E-state index is -0.332. The number of nitrogens with zero attached hydrogens (tertiary/aromatic N) is 3. The molecule has 0 aliphatic carbocycles. The number of urea groups is 1. The van der Waals surface area contributed by atoms with Crippen molar-refractivity contribution in [2.45, 2.75) is 45.1 Å². The molecular formula is C37H39N5O2. The lowest BCUT2D eigenvalue weighted by Crippen LogP contribution is -2.27. The van der Waals surface area contributed by atoms with Crippen molar-refractivity contribution >= 4 is 28.2 Å². The van der Waals surface area contributed by atoms with Crippen LogP contribution in [0.3, 0.4) is 0 Å². The number of fused-ring (bicyclic) bond motifs is 1. The summed E-state index contributed by atoms with van der Waals surface area (Å²) in [6.45, 7) is 8.54. The Kier molecular flexibility index (Phi) is 8.31. The van der Waals surface area contributed by atoms with Crippen LogP contribution in [-0.2, 0) is 5.41 Å². The second-order valence-corrected chi connectivity index (χ2v) is 12.4. The number of carbonyl (C=O) groups excluding carboxylic acids is 1. The highest BCUT2D eigenvalue weighted by molar-refractivity contribution is 6.10. The zero-order chi connectivity index (χ0) is 30.7. The molecule has 0 radical (unpaired) electrons. The Morgan fingerprint density at radius 2 is 1.64 bits per heavy atom. The fourth-order valence-corrected chi connectivity index (χ4v) is 6.04. The summed E-state index contributed by atoms with van der Waals surface area (Å²) in [5.74, 6) is 0.611. The Labute approximate surface area is 259 Å². The standard InChI is InChI=1S/C37H39N5O2/c1-37(2,3)27-14-18-34(44-4)33(22-27)41-36(43)40-31-17-15-28(29-11-5-6-12-30(29)31)25-13-16-32(39-24-25)35(42-20-7-8-21-42)26-10-9-19-38-23-26/h5-6,9-19,22-24,35H,7-8,20-21H2,1-4H3,(H2,40,41,43). The van der Waals surface area contributed by atoms with Crippen LogP contribution in [0.5, 0.6) is 5.75 Å². The third kappa shape index (κ3) is 6.15. The van der Waals surface area contributed by atoms with Crippen LogP contribution in [-0.4, -0.2) is 41.1 Å². The van der Waals surface area contributed by atoms with E-state index in [1.54, 1.807) is 7.11 Å². The van der Waals surface area contributed by atoms with Crippen molar-refractivity contribution in [2.75, 3.05) is 30.8 Å². The first-order valence-corrected chi connectivity index (χ1v) is 15.2. The van der Waals surface area contributed by atoms with E-state index in [-0.39, 0.29) is 17.5 Å². The van der Waals surface area contributed by atoms with E-state index in [0.717, 1.165) is 57.5 Å². The Morgan fingerprint density at radius 1 is 0.864 bits per heavy atom. The number of nitrogens with one attached hydrogen (secondary N) is 2. The number of benzene rings is 3. The maximum Gasteiger partial charge on any atom is 0.323 e. The molecule has 0 saturated carbocycles. The molecule has 1 unspecified atom stereocenters. The quantitative estimate of drug-likeness (QED) is 0.200. The summed E-state index contributed by atoms with van der Waals surface area (Å²) in [5, 5.41) is 8.04. The molecule has 7 heteroatoms. The van der Waals surface area contributed by atoms with E-state index in [9.17, 15) is 4.79 Å². The first-order chi connectivity index (χ1) is 21.3. The molecule has 224 valence electrons. The largest absolute Gasteiger partial charge is 0.495 e. The third-order valence-corrected chi connectivity index (χ3v) is 8.37. The number of anilines is 2. The predicted octanol–water partition coefficient (Wildman–Crippen LogP) is 8.43. The maximum absolute atomic E-state index is 13.2. The first kappa shape index (κ1) is 29.3. The van der Waals surface area contributed by atoms with E-state index in [4.69, 9.17) is 9.72 Å². The number of pyridine rings is 2. The van der Waals surface area contributed by atoms with Gasteiger partial charge >= 0.3 is 6.03 Å². The van der Waals surface area contributed by atoms with Gasteiger partial charge in [0.05, 0.1) is 30.2 Å². The number of methoxy groups -OCH3 is 1. The molecule has 3 heterocycles. The van der Waals surface area contributed by atoms with Crippen LogP contribution >= 0.6 is 0 Å². The minimum Gasteiger partial charge on any atom is -0.495 e. The summed E-state index contributed by atoms with van der Waals surface area (Å²) < 4.78 is 5.52. The van der Waals surface area contributed by atoms with Gasteiger partial charge in [-0.1, -0.05) is 69.3 Å². The Morgan fingerprint density at radius 3 is 2.32 bits per heavy atom. The maximum atomic E-state index is 13.2. The van der Waals surface area contributed by atoms with Gasteiger partial charge in [-0.25, -0.2) is 4.79 Å². The number of carbonyl (C=O) groups is 1. The van der Waals surface area contributed by atoms with Gasteiger partial charge in [0.2, 0.25) is 0 Å². The van der Waals surface area contributed by atoms with E-state index in [0.29, 0.717) is 11.4 Å². The molecule has 1 atom stereocenters. The van der Waals surface area contributed by atoms with Crippen LogP contribution in [0, 0.1) is 0 Å². The molecule has 5 aromatic rings. The lowest BCUT2D eigenvalue weighted by molar-refractivity contribution is 0.262. The lowest BCUT2D eigenvalue weighted by Gasteiger charge is -2.27.